The van der Waals surface area contributed by atoms with Crippen LogP contribution in [-0.4, -0.2) is 16.2 Å². The summed E-state index contributed by atoms with van der Waals surface area (Å²) in [6.45, 7) is 0.320. The SMILES string of the molecule is O=C(O)CCc1cc(Br)c(OCc2cccc(O)c2)c(Br)c1. The Bertz CT molecular complexity index is 663. The van der Waals surface area contributed by atoms with Crippen LogP contribution in [0, 0.1) is 0 Å². The van der Waals surface area contributed by atoms with E-state index in [1.165, 1.54) is 0 Å². The van der Waals surface area contributed by atoms with Crippen molar-refractivity contribution in [3.8, 4) is 11.5 Å². The van der Waals surface area contributed by atoms with Gasteiger partial charge < -0.3 is 14.9 Å². The van der Waals surface area contributed by atoms with Crippen LogP contribution < -0.4 is 4.74 Å². The Morgan fingerprint density at radius 1 is 1.09 bits per heavy atom. The number of aryl methyl sites for hydroxylation is 1. The molecule has 0 atom stereocenters. The predicted octanol–water partition coefficient (Wildman–Crippen LogP) is 4.51. The van der Waals surface area contributed by atoms with E-state index in [-0.39, 0.29) is 12.2 Å². The number of aromatic hydroxyl groups is 1. The number of benzene rings is 2. The highest BCUT2D eigenvalue weighted by Gasteiger charge is 2.10. The summed E-state index contributed by atoms with van der Waals surface area (Å²) in [5.41, 5.74) is 1.76. The number of phenolic OH excluding ortho intramolecular Hbond substituents is 1. The second-order valence-electron chi connectivity index (χ2n) is 4.74. The summed E-state index contributed by atoms with van der Waals surface area (Å²) in [7, 11) is 0. The Balaban J connectivity index is 2.09. The van der Waals surface area contributed by atoms with Gasteiger partial charge in [-0.1, -0.05) is 12.1 Å². The van der Waals surface area contributed by atoms with E-state index in [1.54, 1.807) is 18.2 Å². The predicted molar refractivity (Wildman–Crippen MR) is 90.2 cm³/mol. The van der Waals surface area contributed by atoms with Crippen molar-refractivity contribution in [3.05, 3.63) is 56.5 Å². The van der Waals surface area contributed by atoms with Crippen LogP contribution in [0.4, 0.5) is 0 Å². The standard InChI is InChI=1S/C16H14Br2O4/c17-13-7-10(4-5-15(20)21)8-14(18)16(13)22-9-11-2-1-3-12(19)6-11/h1-3,6-8,19H,4-5,9H2,(H,20,21). The Hall–Kier alpha value is -1.53. The van der Waals surface area contributed by atoms with Gasteiger partial charge in [0.05, 0.1) is 8.95 Å². The molecule has 0 saturated carbocycles. The minimum Gasteiger partial charge on any atom is -0.508 e. The molecule has 0 aliphatic rings. The van der Waals surface area contributed by atoms with E-state index in [9.17, 15) is 9.90 Å². The highest BCUT2D eigenvalue weighted by molar-refractivity contribution is 9.11. The fourth-order valence-corrected chi connectivity index (χ4v) is 3.46. The number of phenols is 1. The normalized spacial score (nSPS) is 10.5. The van der Waals surface area contributed by atoms with Crippen molar-refractivity contribution in [2.75, 3.05) is 0 Å². The monoisotopic (exact) mass is 428 g/mol. The van der Waals surface area contributed by atoms with Gasteiger partial charge in [0.15, 0.2) is 0 Å². The van der Waals surface area contributed by atoms with Gasteiger partial charge in [-0.3, -0.25) is 4.79 Å². The van der Waals surface area contributed by atoms with Crippen LogP contribution in [0.2, 0.25) is 0 Å². The lowest BCUT2D eigenvalue weighted by atomic mass is 10.1. The number of hydrogen-bond acceptors (Lipinski definition) is 3. The second-order valence-corrected chi connectivity index (χ2v) is 6.45. The summed E-state index contributed by atoms with van der Waals surface area (Å²) in [6.07, 6.45) is 0.543. The van der Waals surface area contributed by atoms with Crippen molar-refractivity contribution in [1.29, 1.82) is 0 Å². The van der Waals surface area contributed by atoms with Crippen molar-refractivity contribution in [3.63, 3.8) is 0 Å². The summed E-state index contributed by atoms with van der Waals surface area (Å²) in [5, 5.41) is 18.2. The Morgan fingerprint density at radius 3 is 2.36 bits per heavy atom. The molecule has 116 valence electrons. The number of carboxylic acids is 1. The molecule has 2 aromatic carbocycles. The van der Waals surface area contributed by atoms with Crippen LogP contribution in [0.15, 0.2) is 45.3 Å². The highest BCUT2D eigenvalue weighted by atomic mass is 79.9. The van der Waals surface area contributed by atoms with Crippen molar-refractivity contribution < 1.29 is 19.7 Å². The van der Waals surface area contributed by atoms with Gasteiger partial charge in [0, 0.05) is 6.42 Å². The number of carbonyl (C=O) groups is 1. The highest BCUT2D eigenvalue weighted by Crippen LogP contribution is 2.35. The number of aliphatic carboxylic acids is 1. The van der Waals surface area contributed by atoms with E-state index in [0.717, 1.165) is 20.1 Å². The second kappa shape index (κ2) is 7.65. The number of halogens is 2. The number of carboxylic acid groups (broad SMARTS) is 1. The summed E-state index contributed by atoms with van der Waals surface area (Å²) >= 11 is 6.88. The molecule has 2 rings (SSSR count). The average molecular weight is 430 g/mol. The zero-order valence-electron chi connectivity index (χ0n) is 11.6. The van der Waals surface area contributed by atoms with Crippen LogP contribution in [0.5, 0.6) is 11.5 Å². The molecule has 0 saturated heterocycles. The van der Waals surface area contributed by atoms with Crippen LogP contribution in [0.3, 0.4) is 0 Å². The average Bonchev–Trinajstić information content (AvgIpc) is 2.44. The van der Waals surface area contributed by atoms with Gasteiger partial charge in [-0.15, -0.1) is 0 Å². The first-order chi connectivity index (χ1) is 10.5. The molecular formula is C16H14Br2O4. The maximum Gasteiger partial charge on any atom is 0.303 e. The topological polar surface area (TPSA) is 66.8 Å². The van der Waals surface area contributed by atoms with E-state index in [2.05, 4.69) is 31.9 Å². The summed E-state index contributed by atoms with van der Waals surface area (Å²) < 4.78 is 7.27. The molecule has 22 heavy (non-hydrogen) atoms. The van der Waals surface area contributed by atoms with Gasteiger partial charge in [0.2, 0.25) is 0 Å². The first-order valence-electron chi connectivity index (χ1n) is 6.56. The number of rotatable bonds is 6. The first kappa shape index (κ1) is 16.8. The van der Waals surface area contributed by atoms with E-state index in [4.69, 9.17) is 9.84 Å². The number of hydrogen-bond donors (Lipinski definition) is 2. The van der Waals surface area contributed by atoms with Gasteiger partial charge in [-0.2, -0.15) is 0 Å². The molecule has 0 spiro atoms. The lowest BCUT2D eigenvalue weighted by Gasteiger charge is -2.12. The molecule has 0 amide bonds. The zero-order chi connectivity index (χ0) is 16.1. The first-order valence-corrected chi connectivity index (χ1v) is 8.14. The van der Waals surface area contributed by atoms with E-state index in [1.807, 2.05) is 18.2 Å². The third-order valence-corrected chi connectivity index (χ3v) is 4.16. The van der Waals surface area contributed by atoms with Crippen LogP contribution in [-0.2, 0) is 17.8 Å². The maximum absolute atomic E-state index is 10.6. The van der Waals surface area contributed by atoms with E-state index < -0.39 is 5.97 Å². The summed E-state index contributed by atoms with van der Waals surface area (Å²) in [6, 6.07) is 10.6. The quantitative estimate of drug-likeness (QED) is 0.708. The van der Waals surface area contributed by atoms with E-state index >= 15 is 0 Å². The summed E-state index contributed by atoms with van der Waals surface area (Å²) in [4.78, 5) is 10.6. The Labute approximate surface area is 145 Å². The van der Waals surface area contributed by atoms with Crippen LogP contribution in [0.1, 0.15) is 17.5 Å². The largest absolute Gasteiger partial charge is 0.508 e. The molecule has 0 bridgehead atoms. The van der Waals surface area contributed by atoms with Crippen LogP contribution >= 0.6 is 31.9 Å². The molecule has 0 aliphatic carbocycles. The molecule has 0 unspecified atom stereocenters. The molecule has 0 fully saturated rings. The fraction of sp³-hybridized carbons (Fsp3) is 0.188. The molecule has 6 heteroatoms. The van der Waals surface area contributed by atoms with Crippen molar-refractivity contribution in [2.24, 2.45) is 0 Å². The molecule has 2 aromatic rings. The lowest BCUT2D eigenvalue weighted by molar-refractivity contribution is -0.136. The Morgan fingerprint density at radius 2 is 1.77 bits per heavy atom. The lowest BCUT2D eigenvalue weighted by Crippen LogP contribution is -2.00. The zero-order valence-corrected chi connectivity index (χ0v) is 14.7. The third kappa shape index (κ3) is 4.74. The molecule has 4 nitrogen and oxygen atoms in total. The number of ether oxygens (including phenoxy) is 1. The van der Waals surface area contributed by atoms with E-state index in [0.29, 0.717) is 18.8 Å². The van der Waals surface area contributed by atoms with Gasteiger partial charge in [0.25, 0.3) is 0 Å². The molecule has 0 heterocycles. The molecule has 0 radical (unpaired) electrons. The van der Waals surface area contributed by atoms with Gasteiger partial charge >= 0.3 is 5.97 Å². The minimum absolute atomic E-state index is 0.0857. The summed E-state index contributed by atoms with van der Waals surface area (Å²) in [5.74, 6) is 0.0159. The van der Waals surface area contributed by atoms with Gasteiger partial charge in [-0.25, -0.2) is 0 Å². The van der Waals surface area contributed by atoms with Crippen molar-refractivity contribution in [2.45, 2.75) is 19.4 Å². The Kier molecular flexibility index (Phi) is 5.85. The van der Waals surface area contributed by atoms with Gasteiger partial charge in [-0.05, 0) is 73.7 Å². The molecule has 2 N–H and O–H groups in total. The molecular weight excluding hydrogens is 416 g/mol. The van der Waals surface area contributed by atoms with Crippen LogP contribution in [0.25, 0.3) is 0 Å². The van der Waals surface area contributed by atoms with Gasteiger partial charge in [0.1, 0.15) is 18.1 Å². The maximum atomic E-state index is 10.6. The van der Waals surface area contributed by atoms with Crippen molar-refractivity contribution >= 4 is 37.8 Å². The fourth-order valence-electron chi connectivity index (χ4n) is 1.95. The molecule has 0 aromatic heterocycles. The molecule has 0 aliphatic heterocycles. The minimum atomic E-state index is -0.823. The van der Waals surface area contributed by atoms with Crippen molar-refractivity contribution in [1.82, 2.24) is 0 Å². The third-order valence-electron chi connectivity index (χ3n) is 2.98. The smallest absolute Gasteiger partial charge is 0.303 e.